The molecule has 0 aliphatic carbocycles. The lowest BCUT2D eigenvalue weighted by molar-refractivity contribution is 0.634. The molecule has 0 amide bonds. The Morgan fingerprint density at radius 3 is 2.92 bits per heavy atom. The Bertz CT molecular complexity index is 433. The maximum Gasteiger partial charge on any atom is 0.147 e. The summed E-state index contributed by atoms with van der Waals surface area (Å²) in [4.78, 5) is 1.15. The van der Waals surface area contributed by atoms with Gasteiger partial charge in [-0.1, -0.05) is 6.07 Å². The third-order valence-electron chi connectivity index (χ3n) is 1.80. The number of nitrogens with two attached hydrogens (primary N) is 1. The number of thiophene rings is 1. The summed E-state index contributed by atoms with van der Waals surface area (Å²) >= 11 is 1.53. The molecule has 1 aromatic heterocycles. The van der Waals surface area contributed by atoms with E-state index >= 15 is 0 Å². The molecule has 0 saturated carbocycles. The number of halogens is 1. The van der Waals surface area contributed by atoms with E-state index in [2.05, 4.69) is 0 Å². The number of anilines is 1. The highest BCUT2D eigenvalue weighted by Gasteiger charge is 2.05. The highest BCUT2D eigenvalue weighted by molar-refractivity contribution is 7.19. The molecule has 1 heterocycles. The van der Waals surface area contributed by atoms with Crippen molar-refractivity contribution in [2.75, 3.05) is 5.73 Å². The Morgan fingerprint density at radius 2 is 2.17 bits per heavy atom. The maximum atomic E-state index is 12.9. The molecular formula is C9H8FNS. The van der Waals surface area contributed by atoms with E-state index in [4.69, 9.17) is 5.73 Å². The van der Waals surface area contributed by atoms with Crippen LogP contribution in [0.5, 0.6) is 0 Å². The fraction of sp³-hybridized carbons (Fsp3) is 0.111. The molecule has 62 valence electrons. The molecule has 2 aromatic rings. The number of fused-ring (bicyclic) bond motifs is 1. The van der Waals surface area contributed by atoms with Gasteiger partial charge < -0.3 is 5.73 Å². The molecule has 0 radical (unpaired) electrons. The molecular weight excluding hydrogens is 173 g/mol. The fourth-order valence-electron chi connectivity index (χ4n) is 1.23. The number of nitrogen functional groups attached to an aromatic ring is 1. The minimum absolute atomic E-state index is 0.269. The largest absolute Gasteiger partial charge is 0.395 e. The second-order valence-corrected chi connectivity index (χ2v) is 3.99. The highest BCUT2D eigenvalue weighted by Crippen LogP contribution is 2.31. The van der Waals surface area contributed by atoms with Crippen LogP contribution in [0.3, 0.4) is 0 Å². The van der Waals surface area contributed by atoms with Crippen LogP contribution in [0.25, 0.3) is 10.1 Å². The van der Waals surface area contributed by atoms with Crippen molar-refractivity contribution in [1.82, 2.24) is 0 Å². The van der Waals surface area contributed by atoms with E-state index in [9.17, 15) is 4.39 Å². The summed E-state index contributed by atoms with van der Waals surface area (Å²) in [6, 6.07) is 5.17. The minimum atomic E-state index is -0.329. The topological polar surface area (TPSA) is 26.0 Å². The van der Waals surface area contributed by atoms with E-state index < -0.39 is 0 Å². The van der Waals surface area contributed by atoms with E-state index in [1.54, 1.807) is 6.07 Å². The second-order valence-electron chi connectivity index (χ2n) is 2.74. The summed E-state index contributed by atoms with van der Waals surface area (Å²) in [5.74, 6) is -0.329. The van der Waals surface area contributed by atoms with E-state index in [-0.39, 0.29) is 11.5 Å². The van der Waals surface area contributed by atoms with Gasteiger partial charge in [-0.3, -0.25) is 0 Å². The Balaban J connectivity index is 2.89. The molecule has 12 heavy (non-hydrogen) atoms. The van der Waals surface area contributed by atoms with Crippen molar-refractivity contribution in [2.45, 2.75) is 6.92 Å². The fourth-order valence-corrected chi connectivity index (χ4v) is 2.19. The standard InChI is InChI=1S/C9H8FNS/c1-5-4-6-2-3-7(10)8(11)9(6)12-5/h2-4H,11H2,1H3. The van der Waals surface area contributed by atoms with E-state index in [0.29, 0.717) is 0 Å². The van der Waals surface area contributed by atoms with Crippen molar-refractivity contribution in [2.24, 2.45) is 0 Å². The SMILES string of the molecule is Cc1cc2ccc(F)c(N)c2s1. The molecule has 2 N–H and O–H groups in total. The molecule has 1 aromatic carbocycles. The van der Waals surface area contributed by atoms with Gasteiger partial charge in [0.1, 0.15) is 5.82 Å². The van der Waals surface area contributed by atoms with Crippen molar-refractivity contribution in [3.8, 4) is 0 Å². The van der Waals surface area contributed by atoms with Gasteiger partial charge in [-0.15, -0.1) is 11.3 Å². The molecule has 0 aliphatic rings. The smallest absolute Gasteiger partial charge is 0.147 e. The normalized spacial score (nSPS) is 10.8. The first-order valence-corrected chi connectivity index (χ1v) is 4.44. The first-order chi connectivity index (χ1) is 5.68. The van der Waals surface area contributed by atoms with Crippen LogP contribution in [0.1, 0.15) is 4.88 Å². The average Bonchev–Trinajstić information content (AvgIpc) is 2.39. The van der Waals surface area contributed by atoms with Gasteiger partial charge in [-0.05, 0) is 24.4 Å². The number of aryl methyl sites for hydroxylation is 1. The molecule has 1 nitrogen and oxygen atoms in total. The van der Waals surface area contributed by atoms with Gasteiger partial charge in [-0.25, -0.2) is 4.39 Å². The quantitative estimate of drug-likeness (QED) is 0.621. The number of benzene rings is 1. The summed E-state index contributed by atoms with van der Waals surface area (Å²) in [5, 5.41) is 1.02. The molecule has 3 heteroatoms. The zero-order valence-electron chi connectivity index (χ0n) is 6.60. The molecule has 0 aliphatic heterocycles. The van der Waals surface area contributed by atoms with Crippen molar-refractivity contribution in [3.05, 3.63) is 28.9 Å². The summed E-state index contributed by atoms with van der Waals surface area (Å²) in [5.41, 5.74) is 5.84. The predicted molar refractivity (Wildman–Crippen MR) is 50.9 cm³/mol. The lowest BCUT2D eigenvalue weighted by Crippen LogP contribution is -1.88. The van der Waals surface area contributed by atoms with Crippen LogP contribution in [0, 0.1) is 12.7 Å². The van der Waals surface area contributed by atoms with Gasteiger partial charge >= 0.3 is 0 Å². The van der Waals surface area contributed by atoms with Crippen LogP contribution >= 0.6 is 11.3 Å². The van der Waals surface area contributed by atoms with E-state index in [1.165, 1.54) is 17.4 Å². The average molecular weight is 181 g/mol. The van der Waals surface area contributed by atoms with Crippen molar-refractivity contribution < 1.29 is 4.39 Å². The summed E-state index contributed by atoms with van der Waals surface area (Å²) < 4.78 is 13.8. The molecule has 0 atom stereocenters. The third kappa shape index (κ3) is 0.975. The lowest BCUT2D eigenvalue weighted by Gasteiger charge is -1.95. The summed E-state index contributed by atoms with van der Waals surface area (Å²) in [6.45, 7) is 1.99. The van der Waals surface area contributed by atoms with Gasteiger partial charge in [-0.2, -0.15) is 0 Å². The van der Waals surface area contributed by atoms with Gasteiger partial charge in [0.25, 0.3) is 0 Å². The van der Waals surface area contributed by atoms with Crippen molar-refractivity contribution >= 4 is 27.1 Å². The maximum absolute atomic E-state index is 12.9. The first-order valence-electron chi connectivity index (χ1n) is 3.62. The monoisotopic (exact) mass is 181 g/mol. The number of hydrogen-bond donors (Lipinski definition) is 1. The summed E-state index contributed by atoms with van der Waals surface area (Å²) in [6.07, 6.45) is 0. The Labute approximate surface area is 73.6 Å². The van der Waals surface area contributed by atoms with Crippen LogP contribution in [-0.4, -0.2) is 0 Å². The predicted octanol–water partition coefficient (Wildman–Crippen LogP) is 2.93. The number of hydrogen-bond acceptors (Lipinski definition) is 2. The van der Waals surface area contributed by atoms with E-state index in [1.807, 2.05) is 13.0 Å². The molecule has 0 unspecified atom stereocenters. The third-order valence-corrected chi connectivity index (χ3v) is 2.89. The zero-order valence-corrected chi connectivity index (χ0v) is 7.41. The zero-order chi connectivity index (χ0) is 8.72. The van der Waals surface area contributed by atoms with Crippen molar-refractivity contribution in [3.63, 3.8) is 0 Å². The van der Waals surface area contributed by atoms with Crippen LogP contribution in [0.2, 0.25) is 0 Å². The first kappa shape index (κ1) is 7.55. The van der Waals surface area contributed by atoms with Crippen LogP contribution < -0.4 is 5.73 Å². The Hall–Kier alpha value is -1.09. The van der Waals surface area contributed by atoms with Crippen LogP contribution in [0.4, 0.5) is 10.1 Å². The number of rotatable bonds is 0. The van der Waals surface area contributed by atoms with Crippen LogP contribution in [0.15, 0.2) is 18.2 Å². The highest BCUT2D eigenvalue weighted by atomic mass is 32.1. The Morgan fingerprint density at radius 1 is 1.42 bits per heavy atom. The summed E-state index contributed by atoms with van der Waals surface area (Å²) in [7, 11) is 0. The van der Waals surface area contributed by atoms with Crippen LogP contribution in [-0.2, 0) is 0 Å². The molecule has 0 bridgehead atoms. The second kappa shape index (κ2) is 2.45. The van der Waals surface area contributed by atoms with E-state index in [0.717, 1.165) is 15.0 Å². The van der Waals surface area contributed by atoms with Gasteiger partial charge in [0.05, 0.1) is 10.4 Å². The van der Waals surface area contributed by atoms with Gasteiger partial charge in [0.15, 0.2) is 0 Å². The Kier molecular flexibility index (Phi) is 1.54. The minimum Gasteiger partial charge on any atom is -0.395 e. The molecule has 0 fully saturated rings. The molecule has 0 saturated heterocycles. The van der Waals surface area contributed by atoms with Crippen molar-refractivity contribution in [1.29, 1.82) is 0 Å². The molecule has 2 rings (SSSR count). The van der Waals surface area contributed by atoms with Gasteiger partial charge in [0, 0.05) is 4.88 Å². The van der Waals surface area contributed by atoms with Gasteiger partial charge in [0.2, 0.25) is 0 Å². The lowest BCUT2D eigenvalue weighted by atomic mass is 10.2. The molecule has 0 spiro atoms.